The average molecular weight is 348 g/mol. The molecule has 132 valence electrons. The molecule has 3 fully saturated rings. The van der Waals surface area contributed by atoms with Gasteiger partial charge >= 0.3 is 0 Å². The van der Waals surface area contributed by atoms with Crippen molar-refractivity contribution < 1.29 is 4.79 Å². The third kappa shape index (κ3) is 3.39. The lowest BCUT2D eigenvalue weighted by Crippen LogP contribution is -2.49. The van der Waals surface area contributed by atoms with E-state index < -0.39 is 0 Å². The molecule has 3 aliphatic heterocycles. The number of fused-ring (bicyclic) bond motifs is 1. The number of amides is 1. The largest absolute Gasteiger partial charge is 0.335 e. The predicted octanol–water partition coefficient (Wildman–Crippen LogP) is 2.66. The topological polar surface area (TPSA) is 26.8 Å². The highest BCUT2D eigenvalue weighted by molar-refractivity contribution is 7.09. The van der Waals surface area contributed by atoms with Gasteiger partial charge in [0.2, 0.25) is 5.91 Å². The van der Waals surface area contributed by atoms with Crippen LogP contribution in [0.25, 0.3) is 0 Å². The summed E-state index contributed by atoms with van der Waals surface area (Å²) in [7, 11) is 0. The molecular weight excluding hydrogens is 318 g/mol. The molecule has 0 unspecified atom stereocenters. The number of rotatable bonds is 4. The van der Waals surface area contributed by atoms with Gasteiger partial charge in [0.05, 0.1) is 0 Å². The van der Waals surface area contributed by atoms with Gasteiger partial charge in [-0.3, -0.25) is 9.69 Å². The van der Waals surface area contributed by atoms with Gasteiger partial charge in [-0.15, -0.1) is 11.3 Å². The number of nitrogens with zero attached hydrogens (tertiary/aromatic N) is 3. The Hall–Kier alpha value is -0.910. The third-order valence-corrected chi connectivity index (χ3v) is 6.96. The Morgan fingerprint density at radius 1 is 1.25 bits per heavy atom. The molecule has 0 aromatic carbocycles. The lowest BCUT2D eigenvalue weighted by Gasteiger charge is -2.38. The van der Waals surface area contributed by atoms with Crippen molar-refractivity contribution in [1.82, 2.24) is 14.7 Å². The molecule has 0 radical (unpaired) electrons. The predicted molar refractivity (Wildman–Crippen MR) is 98.1 cm³/mol. The first-order chi connectivity index (χ1) is 11.7. The second kappa shape index (κ2) is 7.14. The third-order valence-electron chi connectivity index (χ3n) is 6.09. The number of piperidine rings is 1. The lowest BCUT2D eigenvalue weighted by atomic mass is 9.92. The Morgan fingerprint density at radius 2 is 2.08 bits per heavy atom. The summed E-state index contributed by atoms with van der Waals surface area (Å²) in [6.07, 6.45) is 5.00. The fourth-order valence-corrected chi connectivity index (χ4v) is 5.86. The van der Waals surface area contributed by atoms with Crippen LogP contribution in [0.1, 0.15) is 37.5 Å². The molecule has 1 aromatic rings. The number of likely N-dealkylation sites (tertiary alicyclic amines) is 3. The maximum atomic E-state index is 12.3. The molecule has 0 spiro atoms. The molecule has 3 saturated heterocycles. The number of carbonyl (C=O) groups excluding carboxylic acids is 1. The summed E-state index contributed by atoms with van der Waals surface area (Å²) in [6.45, 7) is 8.68. The molecular formula is C19H29N3OS. The number of carbonyl (C=O) groups is 1. The van der Waals surface area contributed by atoms with E-state index in [2.05, 4.69) is 32.2 Å². The molecule has 1 amide bonds. The highest BCUT2D eigenvalue weighted by Crippen LogP contribution is 2.37. The van der Waals surface area contributed by atoms with E-state index in [1.54, 1.807) is 6.92 Å². The van der Waals surface area contributed by atoms with E-state index in [0.717, 1.165) is 32.6 Å². The van der Waals surface area contributed by atoms with E-state index in [1.807, 2.05) is 11.3 Å². The van der Waals surface area contributed by atoms with Crippen LogP contribution in [-0.4, -0.2) is 65.4 Å². The van der Waals surface area contributed by atoms with Gasteiger partial charge in [-0.25, -0.2) is 0 Å². The zero-order chi connectivity index (χ0) is 16.5. The van der Waals surface area contributed by atoms with Crippen LogP contribution in [0.15, 0.2) is 17.5 Å². The first-order valence-electron chi connectivity index (χ1n) is 9.46. The van der Waals surface area contributed by atoms with Gasteiger partial charge in [0.25, 0.3) is 0 Å². The van der Waals surface area contributed by atoms with Gasteiger partial charge in [0.15, 0.2) is 0 Å². The van der Waals surface area contributed by atoms with Gasteiger partial charge in [0.1, 0.15) is 0 Å². The maximum Gasteiger partial charge on any atom is 0.219 e. The monoisotopic (exact) mass is 347 g/mol. The number of hydrogen-bond acceptors (Lipinski definition) is 4. The van der Waals surface area contributed by atoms with Crippen LogP contribution < -0.4 is 0 Å². The molecule has 0 saturated carbocycles. The van der Waals surface area contributed by atoms with Crippen LogP contribution in [0, 0.1) is 5.92 Å². The van der Waals surface area contributed by atoms with E-state index >= 15 is 0 Å². The first kappa shape index (κ1) is 16.6. The van der Waals surface area contributed by atoms with Gasteiger partial charge in [-0.05, 0) is 56.1 Å². The molecule has 0 aliphatic carbocycles. The lowest BCUT2D eigenvalue weighted by molar-refractivity contribution is -0.133. The van der Waals surface area contributed by atoms with Gasteiger partial charge < -0.3 is 9.80 Å². The maximum absolute atomic E-state index is 12.3. The molecule has 0 N–H and O–H groups in total. The van der Waals surface area contributed by atoms with E-state index in [-0.39, 0.29) is 0 Å². The fourth-order valence-electron chi connectivity index (χ4n) is 5.11. The highest BCUT2D eigenvalue weighted by Gasteiger charge is 2.45. The number of thiophene rings is 1. The SMILES string of the molecule is CC(=O)N1[C@@H](CN2CCCC2)C[C@@H]2CN(Cc3cccs3)CC[C@@H]21. The number of hydrogen-bond donors (Lipinski definition) is 0. The molecule has 1 aromatic heterocycles. The summed E-state index contributed by atoms with van der Waals surface area (Å²) < 4.78 is 0. The summed E-state index contributed by atoms with van der Waals surface area (Å²) in [4.78, 5) is 21.2. The van der Waals surface area contributed by atoms with Crippen molar-refractivity contribution in [3.63, 3.8) is 0 Å². The van der Waals surface area contributed by atoms with Gasteiger partial charge in [0, 0.05) is 50.1 Å². The van der Waals surface area contributed by atoms with Crippen LogP contribution in [0.4, 0.5) is 0 Å². The van der Waals surface area contributed by atoms with E-state index in [0.29, 0.717) is 23.9 Å². The molecule has 4 heterocycles. The second-order valence-electron chi connectivity index (χ2n) is 7.75. The van der Waals surface area contributed by atoms with Crippen molar-refractivity contribution in [3.8, 4) is 0 Å². The zero-order valence-corrected chi connectivity index (χ0v) is 15.5. The van der Waals surface area contributed by atoms with Crippen LogP contribution >= 0.6 is 11.3 Å². The zero-order valence-electron chi connectivity index (χ0n) is 14.7. The highest BCUT2D eigenvalue weighted by atomic mass is 32.1. The molecule has 0 bridgehead atoms. The van der Waals surface area contributed by atoms with Crippen molar-refractivity contribution in [2.45, 2.75) is 51.2 Å². The van der Waals surface area contributed by atoms with Crippen molar-refractivity contribution in [1.29, 1.82) is 0 Å². The minimum atomic E-state index is 0.290. The van der Waals surface area contributed by atoms with Gasteiger partial charge in [-0.1, -0.05) is 6.07 Å². The summed E-state index contributed by atoms with van der Waals surface area (Å²) in [6, 6.07) is 5.31. The van der Waals surface area contributed by atoms with Crippen LogP contribution in [0.3, 0.4) is 0 Å². The van der Waals surface area contributed by atoms with Crippen LogP contribution in [0.2, 0.25) is 0 Å². The molecule has 5 heteroatoms. The summed E-state index contributed by atoms with van der Waals surface area (Å²) in [5.41, 5.74) is 0. The normalized spacial score (nSPS) is 31.5. The summed E-state index contributed by atoms with van der Waals surface area (Å²) in [5, 5.41) is 2.17. The second-order valence-corrected chi connectivity index (χ2v) is 8.79. The standard InChI is InChI=1S/C19H29N3OS/c1-15(23)22-17(13-20-7-2-3-8-20)11-16-12-21(9-6-19(16)22)14-18-5-4-10-24-18/h4-5,10,16-17,19H,2-3,6-9,11-14H2,1H3/t16-,17-,19+/m1/s1. The van der Waals surface area contributed by atoms with Crippen molar-refractivity contribution in [2.24, 2.45) is 5.92 Å². The van der Waals surface area contributed by atoms with E-state index in [4.69, 9.17) is 0 Å². The van der Waals surface area contributed by atoms with Crippen molar-refractivity contribution in [3.05, 3.63) is 22.4 Å². The molecule has 4 rings (SSSR count). The molecule has 24 heavy (non-hydrogen) atoms. The first-order valence-corrected chi connectivity index (χ1v) is 10.3. The Bertz CT molecular complexity index is 555. The minimum absolute atomic E-state index is 0.290. The van der Waals surface area contributed by atoms with Gasteiger partial charge in [-0.2, -0.15) is 0 Å². The molecule has 3 aliphatic rings. The van der Waals surface area contributed by atoms with E-state index in [9.17, 15) is 4.79 Å². The molecule has 3 atom stereocenters. The average Bonchev–Trinajstić information content (AvgIpc) is 3.27. The van der Waals surface area contributed by atoms with Crippen LogP contribution in [-0.2, 0) is 11.3 Å². The minimum Gasteiger partial charge on any atom is -0.335 e. The Kier molecular flexibility index (Phi) is 4.93. The summed E-state index contributed by atoms with van der Waals surface area (Å²) >= 11 is 1.86. The Morgan fingerprint density at radius 3 is 2.79 bits per heavy atom. The summed E-state index contributed by atoms with van der Waals surface area (Å²) in [5.74, 6) is 0.952. The fraction of sp³-hybridized carbons (Fsp3) is 0.737. The van der Waals surface area contributed by atoms with Crippen molar-refractivity contribution in [2.75, 3.05) is 32.7 Å². The Labute approximate surface area is 149 Å². The van der Waals surface area contributed by atoms with Crippen molar-refractivity contribution >= 4 is 17.2 Å². The quantitative estimate of drug-likeness (QED) is 0.838. The molecule has 4 nitrogen and oxygen atoms in total. The van der Waals surface area contributed by atoms with Crippen LogP contribution in [0.5, 0.6) is 0 Å². The smallest absolute Gasteiger partial charge is 0.219 e. The van der Waals surface area contributed by atoms with E-state index in [1.165, 1.54) is 37.2 Å². The Balaban J connectivity index is 1.41.